The molecule has 0 N–H and O–H groups in total. The maximum Gasteiger partial charge on any atom is 0.363 e. The van der Waals surface area contributed by atoms with Crippen LogP contribution in [0, 0.1) is 0 Å². The van der Waals surface area contributed by atoms with Crippen molar-refractivity contribution in [1.82, 2.24) is 0 Å². The first-order valence-corrected chi connectivity index (χ1v) is 8.58. The van der Waals surface area contributed by atoms with E-state index in [4.69, 9.17) is 18.9 Å². The van der Waals surface area contributed by atoms with Crippen molar-refractivity contribution in [3.63, 3.8) is 0 Å². The molecule has 0 amide bonds. The van der Waals surface area contributed by atoms with Crippen LogP contribution in [0.15, 0.2) is 53.2 Å². The fraction of sp³-hybridized carbons (Fsp3) is 0.238. The van der Waals surface area contributed by atoms with Gasteiger partial charge in [-0.3, -0.25) is 0 Å². The molecule has 0 aliphatic carbocycles. The summed E-state index contributed by atoms with van der Waals surface area (Å²) >= 11 is 0. The first-order chi connectivity index (χ1) is 13.1. The van der Waals surface area contributed by atoms with Crippen LogP contribution >= 0.6 is 0 Å². The van der Waals surface area contributed by atoms with Gasteiger partial charge in [0, 0.05) is 6.42 Å². The number of esters is 1. The summed E-state index contributed by atoms with van der Waals surface area (Å²) in [5.41, 5.74) is 1.99. The maximum atomic E-state index is 12.1. The van der Waals surface area contributed by atoms with Crippen LogP contribution in [0.1, 0.15) is 18.1 Å². The maximum absolute atomic E-state index is 12.1. The topological polar surface area (TPSA) is 66.3 Å². The van der Waals surface area contributed by atoms with Crippen LogP contribution in [0.2, 0.25) is 0 Å². The Morgan fingerprint density at radius 3 is 2.63 bits per heavy atom. The molecule has 0 bridgehead atoms. The molecule has 0 atom stereocenters. The van der Waals surface area contributed by atoms with Crippen molar-refractivity contribution >= 4 is 17.9 Å². The molecule has 0 radical (unpaired) electrons. The third-order valence-electron chi connectivity index (χ3n) is 3.94. The standard InChI is InChI=1S/C21H21NO5/c1-4-26-16-7-5-6-14(10-16)11-17-21(23)27-20(22-17)13-15-8-9-18(24-2)19(12-15)25-3/h5-12H,4,13H2,1-3H3/b17-11+. The van der Waals surface area contributed by atoms with Crippen LogP contribution in [0.25, 0.3) is 6.08 Å². The van der Waals surface area contributed by atoms with Crippen LogP contribution in [0.5, 0.6) is 17.2 Å². The van der Waals surface area contributed by atoms with E-state index in [9.17, 15) is 4.79 Å². The number of carbonyl (C=O) groups excluding carboxylic acids is 1. The van der Waals surface area contributed by atoms with E-state index in [0.717, 1.165) is 16.9 Å². The number of methoxy groups -OCH3 is 2. The van der Waals surface area contributed by atoms with Gasteiger partial charge < -0.3 is 18.9 Å². The van der Waals surface area contributed by atoms with Crippen LogP contribution in [0.4, 0.5) is 0 Å². The molecule has 1 heterocycles. The van der Waals surface area contributed by atoms with Gasteiger partial charge in [-0.2, -0.15) is 0 Å². The summed E-state index contributed by atoms with van der Waals surface area (Å²) in [7, 11) is 3.16. The number of hydrogen-bond donors (Lipinski definition) is 0. The van der Waals surface area contributed by atoms with E-state index in [0.29, 0.717) is 30.4 Å². The monoisotopic (exact) mass is 367 g/mol. The van der Waals surface area contributed by atoms with E-state index >= 15 is 0 Å². The third kappa shape index (κ3) is 4.47. The minimum Gasteiger partial charge on any atom is -0.494 e. The zero-order valence-electron chi connectivity index (χ0n) is 15.5. The average Bonchev–Trinajstić information content (AvgIpc) is 3.01. The van der Waals surface area contributed by atoms with E-state index in [1.165, 1.54) is 0 Å². The number of hydrogen-bond acceptors (Lipinski definition) is 6. The summed E-state index contributed by atoms with van der Waals surface area (Å²) in [6.07, 6.45) is 2.06. The summed E-state index contributed by atoms with van der Waals surface area (Å²) in [5.74, 6) is 1.88. The Morgan fingerprint density at radius 1 is 1.07 bits per heavy atom. The van der Waals surface area contributed by atoms with Gasteiger partial charge >= 0.3 is 5.97 Å². The van der Waals surface area contributed by atoms with Crippen molar-refractivity contribution in [3.8, 4) is 17.2 Å². The van der Waals surface area contributed by atoms with Gasteiger partial charge in [-0.25, -0.2) is 9.79 Å². The molecule has 0 saturated carbocycles. The highest BCUT2D eigenvalue weighted by Crippen LogP contribution is 2.28. The summed E-state index contributed by atoms with van der Waals surface area (Å²) in [5, 5.41) is 0. The molecule has 0 spiro atoms. The fourth-order valence-electron chi connectivity index (χ4n) is 2.71. The number of ether oxygens (including phenoxy) is 4. The largest absolute Gasteiger partial charge is 0.494 e. The van der Waals surface area contributed by atoms with Gasteiger partial charge in [-0.1, -0.05) is 18.2 Å². The minimum atomic E-state index is -0.465. The van der Waals surface area contributed by atoms with Crippen molar-refractivity contribution in [1.29, 1.82) is 0 Å². The van der Waals surface area contributed by atoms with Gasteiger partial charge in [-0.15, -0.1) is 0 Å². The van der Waals surface area contributed by atoms with Gasteiger partial charge in [-0.05, 0) is 48.4 Å². The van der Waals surface area contributed by atoms with Crippen LogP contribution in [-0.2, 0) is 16.0 Å². The molecule has 2 aromatic rings. The van der Waals surface area contributed by atoms with Crippen LogP contribution in [0.3, 0.4) is 0 Å². The summed E-state index contributed by atoms with van der Waals surface area (Å²) in [4.78, 5) is 16.5. The number of aliphatic imine (C=N–C) groups is 1. The Hall–Kier alpha value is -3.28. The molecule has 6 heteroatoms. The number of cyclic esters (lactones) is 1. The Kier molecular flexibility index (Phi) is 5.76. The van der Waals surface area contributed by atoms with Crippen LogP contribution in [-0.4, -0.2) is 32.7 Å². The highest BCUT2D eigenvalue weighted by atomic mass is 16.6. The zero-order chi connectivity index (χ0) is 19.2. The smallest absolute Gasteiger partial charge is 0.363 e. The lowest BCUT2D eigenvalue weighted by molar-refractivity contribution is -0.130. The highest BCUT2D eigenvalue weighted by molar-refractivity contribution is 6.07. The third-order valence-corrected chi connectivity index (χ3v) is 3.94. The number of nitrogens with zero attached hydrogens (tertiary/aromatic N) is 1. The van der Waals surface area contributed by atoms with Gasteiger partial charge in [0.05, 0.1) is 20.8 Å². The zero-order valence-corrected chi connectivity index (χ0v) is 15.5. The molecule has 140 valence electrons. The van der Waals surface area contributed by atoms with E-state index in [2.05, 4.69) is 4.99 Å². The Labute approximate surface area is 158 Å². The predicted octanol–water partition coefficient (Wildman–Crippen LogP) is 3.64. The van der Waals surface area contributed by atoms with E-state index < -0.39 is 5.97 Å². The summed E-state index contributed by atoms with van der Waals surface area (Å²) < 4.78 is 21.3. The van der Waals surface area contributed by atoms with Crippen molar-refractivity contribution in [3.05, 3.63) is 59.3 Å². The summed E-state index contributed by atoms with van der Waals surface area (Å²) in [6, 6.07) is 13.0. The van der Waals surface area contributed by atoms with Crippen LogP contribution < -0.4 is 14.2 Å². The molecular formula is C21H21NO5. The molecule has 0 aromatic heterocycles. The Morgan fingerprint density at radius 2 is 1.89 bits per heavy atom. The molecule has 0 unspecified atom stereocenters. The van der Waals surface area contributed by atoms with Gasteiger partial charge in [0.15, 0.2) is 17.2 Å². The molecule has 0 fully saturated rings. The number of rotatable bonds is 7. The first-order valence-electron chi connectivity index (χ1n) is 8.58. The second-order valence-electron chi connectivity index (χ2n) is 5.80. The van der Waals surface area contributed by atoms with Crippen molar-refractivity contribution in [2.75, 3.05) is 20.8 Å². The highest BCUT2D eigenvalue weighted by Gasteiger charge is 2.23. The van der Waals surface area contributed by atoms with E-state index in [1.807, 2.05) is 49.4 Å². The molecule has 0 saturated heterocycles. The predicted molar refractivity (Wildman–Crippen MR) is 102 cm³/mol. The van der Waals surface area contributed by atoms with Crippen molar-refractivity contribution in [2.45, 2.75) is 13.3 Å². The lowest BCUT2D eigenvalue weighted by atomic mass is 10.1. The average molecular weight is 367 g/mol. The van der Waals surface area contributed by atoms with Gasteiger partial charge in [0.25, 0.3) is 0 Å². The number of benzene rings is 2. The molecule has 6 nitrogen and oxygen atoms in total. The normalized spacial score (nSPS) is 14.7. The Bertz CT molecular complexity index is 901. The van der Waals surface area contributed by atoms with E-state index in [-0.39, 0.29) is 5.70 Å². The molecule has 1 aliphatic rings. The molecule has 1 aliphatic heterocycles. The second-order valence-corrected chi connectivity index (χ2v) is 5.80. The van der Waals surface area contributed by atoms with Gasteiger partial charge in [0.2, 0.25) is 5.90 Å². The summed E-state index contributed by atoms with van der Waals surface area (Å²) in [6.45, 7) is 2.50. The lowest BCUT2D eigenvalue weighted by Gasteiger charge is -2.09. The molecular weight excluding hydrogens is 346 g/mol. The second kappa shape index (κ2) is 8.40. The number of carbonyl (C=O) groups is 1. The van der Waals surface area contributed by atoms with Crippen molar-refractivity contribution in [2.24, 2.45) is 4.99 Å². The molecule has 2 aromatic carbocycles. The quantitative estimate of drug-likeness (QED) is 0.552. The Balaban J connectivity index is 1.79. The van der Waals surface area contributed by atoms with E-state index in [1.54, 1.807) is 20.3 Å². The fourth-order valence-corrected chi connectivity index (χ4v) is 2.71. The molecule has 27 heavy (non-hydrogen) atoms. The van der Waals surface area contributed by atoms with Gasteiger partial charge in [0.1, 0.15) is 5.75 Å². The first kappa shape index (κ1) is 18.5. The SMILES string of the molecule is CCOc1cccc(/C=C2/N=C(Cc3ccc(OC)c(OC)c3)OC2=O)c1. The van der Waals surface area contributed by atoms with Crippen molar-refractivity contribution < 1.29 is 23.7 Å². The lowest BCUT2D eigenvalue weighted by Crippen LogP contribution is -2.07. The molecule has 3 rings (SSSR count). The minimum absolute atomic E-state index is 0.263.